The molecule has 1 atom stereocenters. The van der Waals surface area contributed by atoms with Crippen LogP contribution in [-0.4, -0.2) is 29.9 Å². The van der Waals surface area contributed by atoms with E-state index in [1.165, 1.54) is 0 Å². The quantitative estimate of drug-likeness (QED) is 0.905. The maximum Gasteiger partial charge on any atom is 0.226 e. The molecule has 1 aliphatic carbocycles. The number of nitrogens with zero attached hydrogens (tertiary/aromatic N) is 1. The van der Waals surface area contributed by atoms with Crippen molar-refractivity contribution >= 4 is 17.5 Å². The topological polar surface area (TPSA) is 32.3 Å². The van der Waals surface area contributed by atoms with Gasteiger partial charge in [0.25, 0.3) is 0 Å². The van der Waals surface area contributed by atoms with E-state index in [1.807, 2.05) is 24.3 Å². The minimum Gasteiger partial charge on any atom is -0.335 e. The molecule has 20 heavy (non-hydrogen) atoms. The Morgan fingerprint density at radius 1 is 1.35 bits per heavy atom. The van der Waals surface area contributed by atoms with Gasteiger partial charge in [-0.1, -0.05) is 30.7 Å². The van der Waals surface area contributed by atoms with Crippen molar-refractivity contribution in [1.29, 1.82) is 0 Å². The fourth-order valence-electron chi connectivity index (χ4n) is 2.69. The van der Waals surface area contributed by atoms with Crippen LogP contribution >= 0.6 is 11.6 Å². The first kappa shape index (κ1) is 13.9. The highest BCUT2D eigenvalue weighted by Crippen LogP contribution is 2.31. The molecule has 2 aliphatic rings. The van der Waals surface area contributed by atoms with Gasteiger partial charge < -0.3 is 10.2 Å². The van der Waals surface area contributed by atoms with Crippen LogP contribution < -0.4 is 5.32 Å². The summed E-state index contributed by atoms with van der Waals surface area (Å²) in [4.78, 5) is 14.8. The Labute approximate surface area is 125 Å². The number of benzene rings is 1. The molecule has 4 heteroatoms. The van der Waals surface area contributed by atoms with Gasteiger partial charge in [-0.2, -0.15) is 0 Å². The molecule has 1 saturated heterocycles. The normalized spacial score (nSPS) is 20.3. The zero-order valence-corrected chi connectivity index (χ0v) is 12.6. The Morgan fingerprint density at radius 2 is 2.00 bits per heavy atom. The summed E-state index contributed by atoms with van der Waals surface area (Å²) in [5, 5.41) is 3.99. The summed E-state index contributed by atoms with van der Waals surface area (Å²) in [7, 11) is 0. The fraction of sp³-hybridized carbons (Fsp3) is 0.562. The predicted molar refractivity (Wildman–Crippen MR) is 80.5 cm³/mol. The highest BCUT2D eigenvalue weighted by atomic mass is 35.5. The van der Waals surface area contributed by atoms with Crippen molar-refractivity contribution in [3.8, 4) is 0 Å². The van der Waals surface area contributed by atoms with Gasteiger partial charge in [-0.05, 0) is 49.5 Å². The van der Waals surface area contributed by atoms with E-state index in [2.05, 4.69) is 17.1 Å². The first-order chi connectivity index (χ1) is 9.65. The lowest BCUT2D eigenvalue weighted by atomic mass is 9.88. The maximum atomic E-state index is 12.7. The van der Waals surface area contributed by atoms with Crippen LogP contribution in [0.4, 0.5) is 0 Å². The maximum absolute atomic E-state index is 12.7. The van der Waals surface area contributed by atoms with E-state index in [9.17, 15) is 4.79 Å². The summed E-state index contributed by atoms with van der Waals surface area (Å²) < 4.78 is 0. The van der Waals surface area contributed by atoms with E-state index < -0.39 is 0 Å². The second kappa shape index (κ2) is 5.74. The molecule has 2 fully saturated rings. The first-order valence-electron chi connectivity index (χ1n) is 7.41. The summed E-state index contributed by atoms with van der Waals surface area (Å²) in [6, 6.07) is 8.27. The Balaban J connectivity index is 1.68. The Bertz CT molecular complexity index is 480. The zero-order valence-electron chi connectivity index (χ0n) is 11.8. The second-order valence-electron chi connectivity index (χ2n) is 6.03. The summed E-state index contributed by atoms with van der Waals surface area (Å²) in [5.74, 6) is 0.951. The first-order valence-corrected chi connectivity index (χ1v) is 7.78. The summed E-state index contributed by atoms with van der Waals surface area (Å²) in [6.45, 7) is 4.74. The fourth-order valence-corrected chi connectivity index (χ4v) is 2.81. The molecule has 0 aromatic heterocycles. The van der Waals surface area contributed by atoms with Crippen LogP contribution in [0.3, 0.4) is 0 Å². The monoisotopic (exact) mass is 292 g/mol. The van der Waals surface area contributed by atoms with Crippen LogP contribution in [0.5, 0.6) is 0 Å². The molecule has 0 bridgehead atoms. The molecular weight excluding hydrogens is 272 g/mol. The lowest BCUT2D eigenvalue weighted by Crippen LogP contribution is -2.50. The average Bonchev–Trinajstić information content (AvgIpc) is 3.19. The predicted octanol–water partition coefficient (Wildman–Crippen LogP) is 2.69. The number of carbonyl (C=O) groups excluding carboxylic acids is 1. The lowest BCUT2D eigenvalue weighted by Gasteiger charge is -2.35. The van der Waals surface area contributed by atoms with Crippen molar-refractivity contribution < 1.29 is 4.79 Å². The molecule has 0 spiro atoms. The van der Waals surface area contributed by atoms with Crippen LogP contribution in [0, 0.1) is 11.8 Å². The molecule has 1 unspecified atom stereocenters. The smallest absolute Gasteiger partial charge is 0.226 e. The SMILES string of the molecule is CC(C(=O)N(Cc1ccc(Cl)cc1)C1CC1)C1CNC1. The van der Waals surface area contributed by atoms with Crippen LogP contribution in [0.25, 0.3) is 0 Å². The minimum absolute atomic E-state index is 0.129. The number of hydrogen-bond acceptors (Lipinski definition) is 2. The van der Waals surface area contributed by atoms with Crippen molar-refractivity contribution in [2.75, 3.05) is 13.1 Å². The zero-order chi connectivity index (χ0) is 14.1. The van der Waals surface area contributed by atoms with E-state index in [1.54, 1.807) is 0 Å². The average molecular weight is 293 g/mol. The van der Waals surface area contributed by atoms with Gasteiger partial charge in [-0.25, -0.2) is 0 Å². The van der Waals surface area contributed by atoms with Crippen molar-refractivity contribution in [1.82, 2.24) is 10.2 Å². The van der Waals surface area contributed by atoms with E-state index >= 15 is 0 Å². The Morgan fingerprint density at radius 3 is 2.50 bits per heavy atom. The minimum atomic E-state index is 0.129. The molecule has 1 saturated carbocycles. The van der Waals surface area contributed by atoms with Gasteiger partial charge in [0, 0.05) is 23.5 Å². The van der Waals surface area contributed by atoms with Gasteiger partial charge >= 0.3 is 0 Å². The van der Waals surface area contributed by atoms with E-state index in [0.717, 1.165) is 36.5 Å². The molecule has 1 aromatic carbocycles. The van der Waals surface area contributed by atoms with Crippen LogP contribution in [0.2, 0.25) is 5.02 Å². The third-order valence-electron chi connectivity index (χ3n) is 4.45. The largest absolute Gasteiger partial charge is 0.335 e. The molecule has 1 aliphatic heterocycles. The van der Waals surface area contributed by atoms with Gasteiger partial charge in [0.2, 0.25) is 5.91 Å². The van der Waals surface area contributed by atoms with Crippen molar-refractivity contribution in [2.24, 2.45) is 11.8 Å². The molecular formula is C16H21ClN2O. The molecule has 3 rings (SSSR count). The standard InChI is InChI=1S/C16H21ClN2O/c1-11(13-8-18-9-13)16(20)19(15-6-7-15)10-12-2-4-14(17)5-3-12/h2-5,11,13,15,18H,6-10H2,1H3. The van der Waals surface area contributed by atoms with Gasteiger partial charge in [0.05, 0.1) is 0 Å². The van der Waals surface area contributed by atoms with Crippen LogP contribution in [0.1, 0.15) is 25.3 Å². The van der Waals surface area contributed by atoms with E-state index in [4.69, 9.17) is 11.6 Å². The van der Waals surface area contributed by atoms with Crippen LogP contribution in [0.15, 0.2) is 24.3 Å². The Hall–Kier alpha value is -1.06. The summed E-state index contributed by atoms with van der Waals surface area (Å²) in [5.41, 5.74) is 1.16. The molecule has 3 nitrogen and oxygen atoms in total. The molecule has 1 heterocycles. The third kappa shape index (κ3) is 2.99. The summed E-state index contributed by atoms with van der Waals surface area (Å²) >= 11 is 5.92. The van der Waals surface area contributed by atoms with Crippen molar-refractivity contribution in [3.05, 3.63) is 34.9 Å². The van der Waals surface area contributed by atoms with Crippen molar-refractivity contribution in [3.63, 3.8) is 0 Å². The molecule has 0 radical (unpaired) electrons. The molecule has 1 N–H and O–H groups in total. The van der Waals surface area contributed by atoms with Gasteiger partial charge in [-0.3, -0.25) is 4.79 Å². The molecule has 1 aromatic rings. The number of rotatable bonds is 5. The highest BCUT2D eigenvalue weighted by molar-refractivity contribution is 6.30. The Kier molecular flexibility index (Phi) is 3.99. The molecule has 1 amide bonds. The second-order valence-corrected chi connectivity index (χ2v) is 6.47. The van der Waals surface area contributed by atoms with E-state index in [-0.39, 0.29) is 5.92 Å². The van der Waals surface area contributed by atoms with Gasteiger partial charge in [0.1, 0.15) is 0 Å². The highest BCUT2D eigenvalue weighted by Gasteiger charge is 2.38. The number of carbonyl (C=O) groups is 1. The number of hydrogen-bond donors (Lipinski definition) is 1. The van der Waals surface area contributed by atoms with Crippen molar-refractivity contribution in [2.45, 2.75) is 32.4 Å². The van der Waals surface area contributed by atoms with Crippen LogP contribution in [-0.2, 0) is 11.3 Å². The van der Waals surface area contributed by atoms with Gasteiger partial charge in [0.15, 0.2) is 0 Å². The number of nitrogens with one attached hydrogen (secondary N) is 1. The number of amides is 1. The van der Waals surface area contributed by atoms with Gasteiger partial charge in [-0.15, -0.1) is 0 Å². The number of halogens is 1. The molecule has 108 valence electrons. The van der Waals surface area contributed by atoms with E-state index in [0.29, 0.717) is 24.4 Å². The summed E-state index contributed by atoms with van der Waals surface area (Å²) in [6.07, 6.45) is 2.30. The lowest BCUT2D eigenvalue weighted by molar-refractivity contribution is -0.138. The third-order valence-corrected chi connectivity index (χ3v) is 4.70.